The molecule has 2 heterocycles. The van der Waals surface area contributed by atoms with Crippen molar-refractivity contribution in [3.05, 3.63) is 29.7 Å². The summed E-state index contributed by atoms with van der Waals surface area (Å²) < 4.78 is 5.73. The van der Waals surface area contributed by atoms with Crippen LogP contribution in [0.4, 0.5) is 0 Å². The molecule has 1 aliphatic rings. The first-order valence-electron chi connectivity index (χ1n) is 8.03. The maximum atomic E-state index is 12.4. The molecule has 118 valence electrons. The zero-order valence-electron chi connectivity index (χ0n) is 13.2. The van der Waals surface area contributed by atoms with Crippen LogP contribution >= 0.6 is 0 Å². The molecule has 2 N–H and O–H groups in total. The smallest absolute Gasteiger partial charge is 0.240 e. The van der Waals surface area contributed by atoms with Crippen LogP contribution in [0.15, 0.2) is 22.6 Å². The molecule has 0 spiro atoms. The molecule has 22 heavy (non-hydrogen) atoms. The van der Waals surface area contributed by atoms with Crippen LogP contribution in [-0.4, -0.2) is 29.5 Å². The summed E-state index contributed by atoms with van der Waals surface area (Å²) in [7, 11) is 0. The van der Waals surface area contributed by atoms with Crippen LogP contribution in [-0.2, 0) is 11.2 Å². The number of amides is 1. The van der Waals surface area contributed by atoms with Crippen LogP contribution in [0, 0.1) is 6.92 Å². The Morgan fingerprint density at radius 3 is 3.05 bits per heavy atom. The summed E-state index contributed by atoms with van der Waals surface area (Å²) in [5.74, 6) is 0.773. The number of carbonyl (C=O) groups is 1. The average Bonchev–Trinajstić information content (AvgIpc) is 3.14. The molecule has 3 rings (SSSR count). The molecule has 2 aromatic rings. The summed E-state index contributed by atoms with van der Waals surface area (Å²) >= 11 is 0. The van der Waals surface area contributed by atoms with Gasteiger partial charge < -0.3 is 15.1 Å². The number of carbonyl (C=O) groups excluding carboxylic acids is 1. The van der Waals surface area contributed by atoms with E-state index in [0.717, 1.165) is 42.5 Å². The highest BCUT2D eigenvalue weighted by atomic mass is 16.3. The molecule has 1 amide bonds. The van der Waals surface area contributed by atoms with Crippen LogP contribution in [0.25, 0.3) is 11.1 Å². The van der Waals surface area contributed by atoms with Crippen molar-refractivity contribution in [2.75, 3.05) is 13.1 Å². The van der Waals surface area contributed by atoms with Gasteiger partial charge in [-0.25, -0.2) is 4.98 Å². The molecule has 0 radical (unpaired) electrons. The fourth-order valence-corrected chi connectivity index (χ4v) is 3.15. The van der Waals surface area contributed by atoms with Gasteiger partial charge in [0.2, 0.25) is 5.91 Å². The fourth-order valence-electron chi connectivity index (χ4n) is 3.15. The van der Waals surface area contributed by atoms with Gasteiger partial charge in [-0.3, -0.25) is 4.79 Å². The van der Waals surface area contributed by atoms with Crippen molar-refractivity contribution >= 4 is 17.0 Å². The summed E-state index contributed by atoms with van der Waals surface area (Å²) in [6, 6.07) is 5.91. The van der Waals surface area contributed by atoms with E-state index in [0.29, 0.717) is 18.9 Å². The molecule has 0 aliphatic carbocycles. The Morgan fingerprint density at radius 2 is 2.36 bits per heavy atom. The highest BCUT2D eigenvalue weighted by molar-refractivity contribution is 5.86. The molecule has 1 saturated heterocycles. The van der Waals surface area contributed by atoms with Gasteiger partial charge in [-0.1, -0.05) is 19.1 Å². The Balaban J connectivity index is 1.60. The van der Waals surface area contributed by atoms with Crippen molar-refractivity contribution in [2.24, 2.45) is 0 Å². The van der Waals surface area contributed by atoms with Crippen LogP contribution in [0.5, 0.6) is 0 Å². The molecule has 5 heteroatoms. The Labute approximate surface area is 130 Å². The number of nitrogens with zero attached hydrogens (tertiary/aromatic N) is 1. The maximum Gasteiger partial charge on any atom is 0.240 e. The quantitative estimate of drug-likeness (QED) is 0.889. The minimum Gasteiger partial charge on any atom is -0.441 e. The van der Waals surface area contributed by atoms with Crippen molar-refractivity contribution in [1.82, 2.24) is 15.6 Å². The Hall–Kier alpha value is -1.88. The van der Waals surface area contributed by atoms with Crippen molar-refractivity contribution < 1.29 is 9.21 Å². The van der Waals surface area contributed by atoms with Crippen molar-refractivity contribution in [3.63, 3.8) is 0 Å². The summed E-state index contributed by atoms with van der Waals surface area (Å²) in [6.07, 6.45) is 3.41. The van der Waals surface area contributed by atoms with Gasteiger partial charge in [0, 0.05) is 13.0 Å². The van der Waals surface area contributed by atoms with E-state index in [2.05, 4.69) is 22.5 Å². The average molecular weight is 301 g/mol. The first-order valence-corrected chi connectivity index (χ1v) is 8.03. The number of hydrogen-bond donors (Lipinski definition) is 2. The van der Waals surface area contributed by atoms with Gasteiger partial charge in [0.25, 0.3) is 0 Å². The van der Waals surface area contributed by atoms with Crippen LogP contribution in [0.3, 0.4) is 0 Å². The molecular weight excluding hydrogens is 278 g/mol. The second-order valence-corrected chi connectivity index (χ2v) is 6.00. The van der Waals surface area contributed by atoms with Gasteiger partial charge in [0.05, 0.1) is 5.54 Å². The molecular formula is C17H23N3O2. The van der Waals surface area contributed by atoms with E-state index in [1.54, 1.807) is 0 Å². The van der Waals surface area contributed by atoms with E-state index in [9.17, 15) is 4.79 Å². The van der Waals surface area contributed by atoms with Gasteiger partial charge in [0.1, 0.15) is 5.52 Å². The lowest BCUT2D eigenvalue weighted by molar-refractivity contribution is -0.127. The molecule has 5 nitrogen and oxygen atoms in total. The third-order valence-corrected chi connectivity index (χ3v) is 4.57. The summed E-state index contributed by atoms with van der Waals surface area (Å²) in [6.45, 7) is 5.55. The van der Waals surface area contributed by atoms with Crippen molar-refractivity contribution in [3.8, 4) is 0 Å². The van der Waals surface area contributed by atoms with Gasteiger partial charge in [-0.15, -0.1) is 0 Å². The van der Waals surface area contributed by atoms with E-state index in [1.165, 1.54) is 0 Å². The Bertz CT molecular complexity index is 672. The van der Waals surface area contributed by atoms with Crippen LogP contribution in [0.2, 0.25) is 0 Å². The van der Waals surface area contributed by atoms with E-state index < -0.39 is 0 Å². The summed E-state index contributed by atoms with van der Waals surface area (Å²) in [5.41, 5.74) is 2.45. The zero-order chi connectivity index (χ0) is 15.6. The predicted octanol–water partition coefficient (Wildman–Crippen LogP) is 2.33. The first kappa shape index (κ1) is 15.0. The zero-order valence-corrected chi connectivity index (χ0v) is 13.2. The lowest BCUT2D eigenvalue weighted by atomic mass is 9.93. The summed E-state index contributed by atoms with van der Waals surface area (Å²) in [4.78, 5) is 16.9. The highest BCUT2D eigenvalue weighted by Gasteiger charge is 2.38. The van der Waals surface area contributed by atoms with Gasteiger partial charge in [-0.2, -0.15) is 0 Å². The van der Waals surface area contributed by atoms with Crippen LogP contribution < -0.4 is 10.6 Å². The molecule has 1 aromatic carbocycles. The normalized spacial score (nSPS) is 21.4. The van der Waals surface area contributed by atoms with Crippen molar-refractivity contribution in [2.45, 2.75) is 45.1 Å². The number of para-hydroxylation sites is 1. The topological polar surface area (TPSA) is 67.2 Å². The van der Waals surface area contributed by atoms with E-state index in [1.807, 2.05) is 25.1 Å². The summed E-state index contributed by atoms with van der Waals surface area (Å²) in [5, 5.41) is 6.37. The molecule has 1 aliphatic heterocycles. The minimum absolute atomic E-state index is 0.0970. The number of rotatable bonds is 5. The highest BCUT2D eigenvalue weighted by Crippen LogP contribution is 2.23. The largest absolute Gasteiger partial charge is 0.441 e. The number of oxazole rings is 1. The Kier molecular flexibility index (Phi) is 4.16. The molecule has 0 bridgehead atoms. The van der Waals surface area contributed by atoms with E-state index in [-0.39, 0.29) is 11.4 Å². The number of benzene rings is 1. The second kappa shape index (κ2) is 6.08. The lowest BCUT2D eigenvalue weighted by Crippen LogP contribution is -2.53. The lowest BCUT2D eigenvalue weighted by Gasteiger charge is -2.26. The van der Waals surface area contributed by atoms with Gasteiger partial charge in [0.15, 0.2) is 11.5 Å². The van der Waals surface area contributed by atoms with Gasteiger partial charge in [-0.05, 0) is 44.4 Å². The Morgan fingerprint density at radius 1 is 1.50 bits per heavy atom. The third kappa shape index (κ3) is 2.73. The molecule has 0 saturated carbocycles. The van der Waals surface area contributed by atoms with Gasteiger partial charge >= 0.3 is 0 Å². The number of hydrogen-bond acceptors (Lipinski definition) is 4. The molecule has 1 atom stereocenters. The number of aromatic nitrogens is 1. The monoisotopic (exact) mass is 301 g/mol. The first-order chi connectivity index (χ1) is 10.6. The van der Waals surface area contributed by atoms with E-state index >= 15 is 0 Å². The standard InChI is InChI=1S/C17H23N3O2/c1-3-17(9-5-10-19-17)16(21)18-11-8-14-20-15-12(2)6-4-7-13(15)22-14/h4,6-7,19H,3,5,8-11H2,1-2H3,(H,18,21). The number of aryl methyl sites for hydroxylation is 1. The number of fused-ring (bicyclic) bond motifs is 1. The molecule has 1 fully saturated rings. The van der Waals surface area contributed by atoms with E-state index in [4.69, 9.17) is 4.42 Å². The fraction of sp³-hybridized carbons (Fsp3) is 0.529. The third-order valence-electron chi connectivity index (χ3n) is 4.57. The molecule has 1 unspecified atom stereocenters. The number of nitrogens with one attached hydrogen (secondary N) is 2. The maximum absolute atomic E-state index is 12.4. The minimum atomic E-state index is -0.377. The SMILES string of the molecule is CCC1(C(=O)NCCc2nc3c(C)cccc3o2)CCCN1. The molecule has 1 aromatic heterocycles. The van der Waals surface area contributed by atoms with Crippen molar-refractivity contribution in [1.29, 1.82) is 0 Å². The predicted molar refractivity (Wildman–Crippen MR) is 85.7 cm³/mol. The van der Waals surface area contributed by atoms with Crippen LogP contribution in [0.1, 0.15) is 37.6 Å². The second-order valence-electron chi connectivity index (χ2n) is 6.00.